The van der Waals surface area contributed by atoms with Gasteiger partial charge in [-0.25, -0.2) is 0 Å². The highest BCUT2D eigenvalue weighted by molar-refractivity contribution is 9.10. The first-order valence-electron chi connectivity index (χ1n) is 3.18. The lowest BCUT2D eigenvalue weighted by atomic mass is 10.2. The Morgan fingerprint density at radius 2 is 2.15 bits per heavy atom. The molecular weight excluding hydrogens is 242 g/mol. The van der Waals surface area contributed by atoms with Crippen LogP contribution in [0.25, 0.3) is 0 Å². The summed E-state index contributed by atoms with van der Waals surface area (Å²) in [6.07, 6.45) is 0.354. The number of aldehydes is 1. The molecule has 0 bridgehead atoms. The fraction of sp³-hybridized carbons (Fsp3) is 0. The zero-order valence-electron chi connectivity index (χ0n) is 6.23. The summed E-state index contributed by atoms with van der Waals surface area (Å²) < 4.78 is 0.129. The van der Waals surface area contributed by atoms with Gasteiger partial charge in [-0.15, -0.1) is 0 Å². The summed E-state index contributed by atoms with van der Waals surface area (Å²) in [6, 6.07) is 2.13. The van der Waals surface area contributed by atoms with Crippen LogP contribution in [-0.4, -0.2) is 16.3 Å². The summed E-state index contributed by atoms with van der Waals surface area (Å²) in [5.74, 6) is -0.291. The van der Waals surface area contributed by atoms with E-state index in [0.717, 1.165) is 12.1 Å². The number of benzene rings is 1. The normalized spacial score (nSPS) is 9.62. The van der Waals surface area contributed by atoms with Crippen LogP contribution in [-0.2, 0) is 0 Å². The first kappa shape index (κ1) is 9.66. The van der Waals surface area contributed by atoms with Crippen LogP contribution in [0, 0.1) is 10.1 Å². The standard InChI is InChI=1S/C7H4BrNO4/c8-6-2-5(9(12)13)1-4(3-10)7(6)11/h1-3,11H. The first-order chi connectivity index (χ1) is 6.06. The van der Waals surface area contributed by atoms with E-state index < -0.39 is 4.92 Å². The molecule has 0 heterocycles. The molecule has 0 aromatic heterocycles. The lowest BCUT2D eigenvalue weighted by molar-refractivity contribution is -0.385. The number of aromatic hydroxyl groups is 1. The number of phenols is 1. The number of rotatable bonds is 2. The van der Waals surface area contributed by atoms with Gasteiger partial charge >= 0.3 is 0 Å². The maximum Gasteiger partial charge on any atom is 0.271 e. The van der Waals surface area contributed by atoms with Crippen molar-refractivity contribution in [3.05, 3.63) is 32.3 Å². The van der Waals surface area contributed by atoms with Crippen LogP contribution in [0.15, 0.2) is 16.6 Å². The summed E-state index contributed by atoms with van der Waals surface area (Å²) in [7, 11) is 0. The Bertz CT molecular complexity index is 377. The van der Waals surface area contributed by atoms with Gasteiger partial charge in [0.2, 0.25) is 0 Å². The van der Waals surface area contributed by atoms with E-state index in [4.69, 9.17) is 0 Å². The quantitative estimate of drug-likeness (QED) is 0.490. The summed E-state index contributed by atoms with van der Waals surface area (Å²) in [6.45, 7) is 0. The van der Waals surface area contributed by atoms with Crippen molar-refractivity contribution in [1.29, 1.82) is 0 Å². The molecule has 0 spiro atoms. The molecule has 0 atom stereocenters. The minimum atomic E-state index is -0.642. The molecule has 6 heteroatoms. The Morgan fingerprint density at radius 3 is 2.62 bits per heavy atom. The van der Waals surface area contributed by atoms with Gasteiger partial charge in [0, 0.05) is 12.1 Å². The molecule has 1 rings (SSSR count). The van der Waals surface area contributed by atoms with E-state index in [1.807, 2.05) is 0 Å². The minimum Gasteiger partial charge on any atom is -0.506 e. The van der Waals surface area contributed by atoms with Gasteiger partial charge in [0.1, 0.15) is 5.75 Å². The first-order valence-corrected chi connectivity index (χ1v) is 3.97. The second-order valence-corrected chi connectivity index (χ2v) is 3.09. The maximum atomic E-state index is 10.4. The highest BCUT2D eigenvalue weighted by Crippen LogP contribution is 2.31. The molecular formula is C7H4BrNO4. The molecule has 68 valence electrons. The molecule has 1 aromatic rings. The van der Waals surface area contributed by atoms with Gasteiger partial charge in [0.05, 0.1) is 15.0 Å². The fourth-order valence-electron chi connectivity index (χ4n) is 0.801. The zero-order valence-corrected chi connectivity index (χ0v) is 7.82. The molecule has 0 saturated carbocycles. The third kappa shape index (κ3) is 1.83. The van der Waals surface area contributed by atoms with Gasteiger partial charge in [-0.3, -0.25) is 14.9 Å². The number of halogens is 1. The average Bonchev–Trinajstić information content (AvgIpc) is 2.09. The van der Waals surface area contributed by atoms with Crippen LogP contribution >= 0.6 is 15.9 Å². The summed E-state index contributed by atoms with van der Waals surface area (Å²) in [5, 5.41) is 19.5. The van der Waals surface area contributed by atoms with Crippen LogP contribution in [0.4, 0.5) is 5.69 Å². The van der Waals surface area contributed by atoms with Crippen molar-refractivity contribution in [3.63, 3.8) is 0 Å². The number of nitro groups is 1. The summed E-state index contributed by atoms with van der Waals surface area (Å²) in [5.41, 5.74) is -0.354. The van der Waals surface area contributed by atoms with E-state index in [2.05, 4.69) is 15.9 Å². The van der Waals surface area contributed by atoms with Crippen LogP contribution in [0.2, 0.25) is 0 Å². The molecule has 0 unspecified atom stereocenters. The molecule has 0 aliphatic carbocycles. The molecule has 1 aromatic carbocycles. The van der Waals surface area contributed by atoms with E-state index in [-0.39, 0.29) is 21.5 Å². The van der Waals surface area contributed by atoms with Gasteiger partial charge in [-0.05, 0) is 15.9 Å². The SMILES string of the molecule is O=Cc1cc([N+](=O)[O-])cc(Br)c1O. The van der Waals surface area contributed by atoms with E-state index in [1.165, 1.54) is 0 Å². The van der Waals surface area contributed by atoms with E-state index in [1.54, 1.807) is 0 Å². The summed E-state index contributed by atoms with van der Waals surface area (Å²) >= 11 is 2.89. The highest BCUT2D eigenvalue weighted by Gasteiger charge is 2.13. The van der Waals surface area contributed by atoms with Crippen molar-refractivity contribution < 1.29 is 14.8 Å². The Labute approximate surface area is 81.3 Å². The van der Waals surface area contributed by atoms with Crippen molar-refractivity contribution in [3.8, 4) is 5.75 Å². The van der Waals surface area contributed by atoms with Crippen LogP contribution < -0.4 is 0 Å². The van der Waals surface area contributed by atoms with Crippen LogP contribution in [0.5, 0.6) is 5.75 Å². The number of hydrogen-bond acceptors (Lipinski definition) is 4. The number of hydrogen-bond donors (Lipinski definition) is 1. The molecule has 0 radical (unpaired) electrons. The van der Waals surface area contributed by atoms with E-state index in [0.29, 0.717) is 6.29 Å². The number of carbonyl (C=O) groups excluding carboxylic acids is 1. The topological polar surface area (TPSA) is 80.4 Å². The maximum absolute atomic E-state index is 10.4. The van der Waals surface area contributed by atoms with Gasteiger partial charge in [-0.1, -0.05) is 0 Å². The van der Waals surface area contributed by atoms with Crippen molar-refractivity contribution in [2.75, 3.05) is 0 Å². The lowest BCUT2D eigenvalue weighted by Crippen LogP contribution is -1.91. The molecule has 0 amide bonds. The number of non-ortho nitro benzene ring substituents is 1. The predicted molar refractivity (Wildman–Crippen MR) is 47.8 cm³/mol. The van der Waals surface area contributed by atoms with Crippen LogP contribution in [0.3, 0.4) is 0 Å². The number of nitro benzene ring substituents is 1. The van der Waals surface area contributed by atoms with Gasteiger partial charge in [-0.2, -0.15) is 0 Å². The van der Waals surface area contributed by atoms with Crippen molar-refractivity contribution >= 4 is 27.9 Å². The fourth-order valence-corrected chi connectivity index (χ4v) is 1.26. The van der Waals surface area contributed by atoms with E-state index in [9.17, 15) is 20.0 Å². The summed E-state index contributed by atoms with van der Waals surface area (Å²) in [4.78, 5) is 20.0. The highest BCUT2D eigenvalue weighted by atomic mass is 79.9. The predicted octanol–water partition coefficient (Wildman–Crippen LogP) is 1.88. The molecule has 0 fully saturated rings. The second-order valence-electron chi connectivity index (χ2n) is 2.24. The third-order valence-corrected chi connectivity index (χ3v) is 2.02. The number of nitrogens with zero attached hydrogens (tertiary/aromatic N) is 1. The number of carbonyl (C=O) groups is 1. The Hall–Kier alpha value is -1.43. The van der Waals surface area contributed by atoms with Crippen molar-refractivity contribution in [1.82, 2.24) is 0 Å². The average molecular weight is 246 g/mol. The molecule has 0 aliphatic rings. The molecule has 5 nitrogen and oxygen atoms in total. The van der Waals surface area contributed by atoms with Crippen LogP contribution in [0.1, 0.15) is 10.4 Å². The minimum absolute atomic E-state index is 0.110. The second kappa shape index (κ2) is 3.53. The van der Waals surface area contributed by atoms with Crippen molar-refractivity contribution in [2.45, 2.75) is 0 Å². The van der Waals surface area contributed by atoms with E-state index >= 15 is 0 Å². The Balaban J connectivity index is 3.38. The lowest BCUT2D eigenvalue weighted by Gasteiger charge is -1.99. The zero-order chi connectivity index (χ0) is 10.0. The Morgan fingerprint density at radius 1 is 1.54 bits per heavy atom. The monoisotopic (exact) mass is 245 g/mol. The number of phenolic OH excluding ortho intramolecular Hbond substituents is 1. The Kier molecular flexibility index (Phi) is 2.62. The molecule has 0 aliphatic heterocycles. The van der Waals surface area contributed by atoms with Crippen molar-refractivity contribution in [2.24, 2.45) is 0 Å². The molecule has 13 heavy (non-hydrogen) atoms. The van der Waals surface area contributed by atoms with Gasteiger partial charge in [0.15, 0.2) is 6.29 Å². The largest absolute Gasteiger partial charge is 0.506 e. The van der Waals surface area contributed by atoms with Gasteiger partial charge < -0.3 is 5.11 Å². The molecule has 0 saturated heterocycles. The smallest absolute Gasteiger partial charge is 0.271 e. The molecule has 1 N–H and O–H groups in total. The van der Waals surface area contributed by atoms with Gasteiger partial charge in [0.25, 0.3) is 5.69 Å². The third-order valence-electron chi connectivity index (χ3n) is 1.42.